The molecule has 1 aromatic carbocycles. The molecule has 2 unspecified atom stereocenters. The van der Waals surface area contributed by atoms with E-state index in [0.717, 1.165) is 17.0 Å². The van der Waals surface area contributed by atoms with Crippen molar-refractivity contribution in [3.63, 3.8) is 0 Å². The number of piperidine rings is 3. The van der Waals surface area contributed by atoms with Crippen molar-refractivity contribution >= 4 is 0 Å². The van der Waals surface area contributed by atoms with Crippen molar-refractivity contribution in [1.82, 2.24) is 15.1 Å². The third-order valence-corrected chi connectivity index (χ3v) is 5.35. The third kappa shape index (κ3) is 2.84. The molecule has 3 fully saturated rings. The first-order valence-corrected chi connectivity index (χ1v) is 8.63. The van der Waals surface area contributed by atoms with Gasteiger partial charge in [-0.25, -0.2) is 0 Å². The Morgan fingerprint density at radius 2 is 1.92 bits per heavy atom. The number of rotatable bonds is 4. The normalized spacial score (nSPS) is 28.6. The molecule has 2 bridgehead atoms. The van der Waals surface area contributed by atoms with E-state index in [-0.39, 0.29) is 6.10 Å². The molecule has 2 atom stereocenters. The highest BCUT2D eigenvalue weighted by molar-refractivity contribution is 5.60. The standard InChI is InChI=1S/C19H23N3O2/c1-13-19(14-8-10-22(13)11-9-14)24-18-7-6-17(20-21-18)15-4-3-5-16(12-15)23-2/h3-7,12-14,19H,8-11H2,1-2H3. The van der Waals surface area contributed by atoms with Crippen LogP contribution in [0.1, 0.15) is 19.8 Å². The summed E-state index contributed by atoms with van der Waals surface area (Å²) in [4.78, 5) is 2.52. The zero-order chi connectivity index (χ0) is 16.5. The van der Waals surface area contributed by atoms with Gasteiger partial charge >= 0.3 is 0 Å². The van der Waals surface area contributed by atoms with E-state index in [2.05, 4.69) is 22.0 Å². The Bertz CT molecular complexity index is 694. The Hall–Kier alpha value is -2.14. The Morgan fingerprint density at radius 3 is 2.58 bits per heavy atom. The van der Waals surface area contributed by atoms with E-state index >= 15 is 0 Å². The van der Waals surface area contributed by atoms with Gasteiger partial charge in [-0.3, -0.25) is 4.90 Å². The molecule has 5 heteroatoms. The lowest BCUT2D eigenvalue weighted by atomic mass is 9.81. The maximum atomic E-state index is 6.20. The van der Waals surface area contributed by atoms with Gasteiger partial charge in [0.15, 0.2) is 0 Å². The second-order valence-corrected chi connectivity index (χ2v) is 6.69. The van der Waals surface area contributed by atoms with Crippen LogP contribution in [0.3, 0.4) is 0 Å². The minimum atomic E-state index is 0.226. The van der Waals surface area contributed by atoms with Crippen LogP contribution in [-0.4, -0.2) is 47.4 Å². The molecular weight excluding hydrogens is 302 g/mol. The Labute approximate surface area is 142 Å². The van der Waals surface area contributed by atoms with Crippen LogP contribution in [0, 0.1) is 5.92 Å². The summed E-state index contributed by atoms with van der Waals surface area (Å²) < 4.78 is 11.5. The maximum Gasteiger partial charge on any atom is 0.233 e. The van der Waals surface area contributed by atoms with Gasteiger partial charge in [0, 0.05) is 17.7 Å². The molecule has 0 saturated carbocycles. The summed E-state index contributed by atoms with van der Waals surface area (Å²) in [5, 5.41) is 8.62. The van der Waals surface area contributed by atoms with Crippen molar-refractivity contribution in [2.45, 2.75) is 31.9 Å². The highest BCUT2D eigenvalue weighted by atomic mass is 16.5. The second-order valence-electron chi connectivity index (χ2n) is 6.69. The summed E-state index contributed by atoms with van der Waals surface area (Å²) >= 11 is 0. The fourth-order valence-corrected chi connectivity index (χ4v) is 3.91. The summed E-state index contributed by atoms with van der Waals surface area (Å²) in [6.07, 6.45) is 2.68. The van der Waals surface area contributed by atoms with Crippen LogP contribution in [0.5, 0.6) is 11.6 Å². The number of fused-ring (bicyclic) bond motifs is 3. The fraction of sp³-hybridized carbons (Fsp3) is 0.474. The number of benzene rings is 1. The van der Waals surface area contributed by atoms with Gasteiger partial charge in [-0.05, 0) is 57.0 Å². The van der Waals surface area contributed by atoms with Gasteiger partial charge < -0.3 is 9.47 Å². The molecule has 5 nitrogen and oxygen atoms in total. The highest BCUT2D eigenvalue weighted by Crippen LogP contribution is 2.34. The largest absolute Gasteiger partial charge is 0.497 e. The average molecular weight is 325 g/mol. The molecule has 126 valence electrons. The molecule has 3 aliphatic heterocycles. The molecular formula is C19H23N3O2. The lowest BCUT2D eigenvalue weighted by Gasteiger charge is -2.48. The summed E-state index contributed by atoms with van der Waals surface area (Å²) in [7, 11) is 1.66. The van der Waals surface area contributed by atoms with Crippen LogP contribution >= 0.6 is 0 Å². The number of aromatic nitrogens is 2. The summed E-state index contributed by atoms with van der Waals surface area (Å²) in [6.45, 7) is 4.66. The summed E-state index contributed by atoms with van der Waals surface area (Å²) in [6, 6.07) is 12.2. The quantitative estimate of drug-likeness (QED) is 0.865. The van der Waals surface area contributed by atoms with Crippen LogP contribution in [0.4, 0.5) is 0 Å². The minimum absolute atomic E-state index is 0.226. The molecule has 0 N–H and O–H groups in total. The topological polar surface area (TPSA) is 47.5 Å². The van der Waals surface area contributed by atoms with Gasteiger partial charge in [-0.2, -0.15) is 0 Å². The molecule has 0 radical (unpaired) electrons. The van der Waals surface area contributed by atoms with E-state index < -0.39 is 0 Å². The fourth-order valence-electron chi connectivity index (χ4n) is 3.91. The molecule has 3 aliphatic rings. The predicted molar refractivity (Wildman–Crippen MR) is 92.2 cm³/mol. The van der Waals surface area contributed by atoms with Gasteiger partial charge in [-0.1, -0.05) is 12.1 Å². The molecule has 0 amide bonds. The van der Waals surface area contributed by atoms with E-state index in [0.29, 0.717) is 17.8 Å². The van der Waals surface area contributed by atoms with Gasteiger partial charge in [-0.15, -0.1) is 10.2 Å². The highest BCUT2D eigenvalue weighted by Gasteiger charge is 2.41. The van der Waals surface area contributed by atoms with Crippen LogP contribution in [0.15, 0.2) is 36.4 Å². The molecule has 4 heterocycles. The number of hydrogen-bond donors (Lipinski definition) is 0. The second kappa shape index (κ2) is 6.40. The van der Waals surface area contributed by atoms with Crippen molar-refractivity contribution in [3.05, 3.63) is 36.4 Å². The summed E-state index contributed by atoms with van der Waals surface area (Å²) in [5.74, 6) is 2.08. The van der Waals surface area contributed by atoms with E-state index in [9.17, 15) is 0 Å². The Balaban J connectivity index is 1.50. The Kier molecular flexibility index (Phi) is 4.10. The summed E-state index contributed by atoms with van der Waals surface area (Å²) in [5.41, 5.74) is 1.81. The average Bonchev–Trinajstić information content (AvgIpc) is 2.65. The molecule has 1 aromatic heterocycles. The van der Waals surface area contributed by atoms with Crippen molar-refractivity contribution in [3.8, 4) is 22.9 Å². The van der Waals surface area contributed by atoms with Crippen LogP contribution < -0.4 is 9.47 Å². The van der Waals surface area contributed by atoms with Gasteiger partial charge in [0.1, 0.15) is 11.9 Å². The number of hydrogen-bond acceptors (Lipinski definition) is 5. The van der Waals surface area contributed by atoms with Gasteiger partial charge in [0.25, 0.3) is 0 Å². The molecule has 0 spiro atoms. The van der Waals surface area contributed by atoms with Crippen molar-refractivity contribution in [2.24, 2.45) is 5.92 Å². The van der Waals surface area contributed by atoms with Gasteiger partial charge in [0.2, 0.25) is 5.88 Å². The third-order valence-electron chi connectivity index (χ3n) is 5.35. The van der Waals surface area contributed by atoms with Crippen molar-refractivity contribution < 1.29 is 9.47 Å². The first-order chi connectivity index (χ1) is 11.7. The molecule has 5 rings (SSSR count). The lowest BCUT2D eigenvalue weighted by Crippen LogP contribution is -2.58. The Morgan fingerprint density at radius 1 is 1.08 bits per heavy atom. The van der Waals surface area contributed by atoms with E-state index in [1.807, 2.05) is 36.4 Å². The minimum Gasteiger partial charge on any atom is -0.497 e. The molecule has 0 aliphatic carbocycles. The molecule has 24 heavy (non-hydrogen) atoms. The number of methoxy groups -OCH3 is 1. The zero-order valence-electron chi connectivity index (χ0n) is 14.2. The van der Waals surface area contributed by atoms with Gasteiger partial charge in [0.05, 0.1) is 12.8 Å². The molecule has 3 saturated heterocycles. The van der Waals surface area contributed by atoms with Crippen molar-refractivity contribution in [1.29, 1.82) is 0 Å². The number of nitrogens with zero attached hydrogens (tertiary/aromatic N) is 3. The van der Waals surface area contributed by atoms with Crippen LogP contribution in [0.2, 0.25) is 0 Å². The monoisotopic (exact) mass is 325 g/mol. The van der Waals surface area contributed by atoms with Crippen LogP contribution in [-0.2, 0) is 0 Å². The zero-order valence-corrected chi connectivity index (χ0v) is 14.2. The lowest BCUT2D eigenvalue weighted by molar-refractivity contribution is -0.0528. The first kappa shape index (κ1) is 15.4. The predicted octanol–water partition coefficient (Wildman–Crippen LogP) is 3.01. The number of ether oxygens (including phenoxy) is 2. The van der Waals surface area contributed by atoms with E-state index in [1.54, 1.807) is 7.11 Å². The van der Waals surface area contributed by atoms with Crippen molar-refractivity contribution in [2.75, 3.05) is 20.2 Å². The SMILES string of the molecule is COc1cccc(-c2ccc(OC3C4CCN(CC4)C3C)nn2)c1. The van der Waals surface area contributed by atoms with Crippen LogP contribution in [0.25, 0.3) is 11.3 Å². The maximum absolute atomic E-state index is 6.20. The van der Waals surface area contributed by atoms with E-state index in [1.165, 1.54) is 25.9 Å². The smallest absolute Gasteiger partial charge is 0.233 e. The molecule has 2 aromatic rings. The van der Waals surface area contributed by atoms with E-state index in [4.69, 9.17) is 9.47 Å². The first-order valence-electron chi connectivity index (χ1n) is 8.63.